The van der Waals surface area contributed by atoms with Gasteiger partial charge < -0.3 is 11.1 Å². The molecule has 190 valence electrons. The summed E-state index contributed by atoms with van der Waals surface area (Å²) in [5.74, 6) is -1.68. The van der Waals surface area contributed by atoms with Crippen molar-refractivity contribution in [3.63, 3.8) is 0 Å². The topological polar surface area (TPSA) is 138 Å². The van der Waals surface area contributed by atoms with Gasteiger partial charge in [-0.3, -0.25) is 9.89 Å². The molecule has 1 fully saturated rings. The Morgan fingerprint density at radius 2 is 2.00 bits per heavy atom. The number of halogens is 3. The highest BCUT2D eigenvalue weighted by molar-refractivity contribution is 6.10. The van der Waals surface area contributed by atoms with E-state index in [2.05, 4.69) is 36.1 Å². The number of anilines is 1. The molecule has 37 heavy (non-hydrogen) atoms. The van der Waals surface area contributed by atoms with Crippen molar-refractivity contribution in [1.82, 2.24) is 19.8 Å². The van der Waals surface area contributed by atoms with Gasteiger partial charge in [0, 0.05) is 29.2 Å². The number of alkyl halides is 3. The molecule has 1 amide bonds. The van der Waals surface area contributed by atoms with Gasteiger partial charge in [-0.05, 0) is 54.3 Å². The summed E-state index contributed by atoms with van der Waals surface area (Å²) in [5, 5.41) is 25.1. The minimum absolute atomic E-state index is 0.0201. The summed E-state index contributed by atoms with van der Waals surface area (Å²) >= 11 is 0. The Balaban J connectivity index is 1.30. The molecule has 4 N–H and O–H groups in total. The van der Waals surface area contributed by atoms with E-state index in [1.807, 2.05) is 19.1 Å². The molecule has 1 aromatic carbocycles. The summed E-state index contributed by atoms with van der Waals surface area (Å²) in [7, 11) is 0. The van der Waals surface area contributed by atoms with Gasteiger partial charge >= 0.3 is 6.18 Å². The van der Waals surface area contributed by atoms with Gasteiger partial charge in [-0.15, -0.1) is 5.10 Å². The summed E-state index contributed by atoms with van der Waals surface area (Å²) in [6.45, 7) is 1.83. The number of amidine groups is 1. The zero-order chi connectivity index (χ0) is 26.2. The van der Waals surface area contributed by atoms with Crippen molar-refractivity contribution in [3.05, 3.63) is 71.8 Å². The summed E-state index contributed by atoms with van der Waals surface area (Å²) in [4.78, 5) is 13.1. The van der Waals surface area contributed by atoms with Gasteiger partial charge in [0.1, 0.15) is 0 Å². The molecule has 1 aliphatic rings. The van der Waals surface area contributed by atoms with Gasteiger partial charge in [0.2, 0.25) is 0 Å². The van der Waals surface area contributed by atoms with Crippen LogP contribution in [0.5, 0.6) is 0 Å². The monoisotopic (exact) mass is 509 g/mol. The number of hydrogen-bond acceptors (Lipinski definition) is 5. The Morgan fingerprint density at radius 3 is 2.73 bits per heavy atom. The number of fused-ring (bicyclic) bond motifs is 1. The van der Waals surface area contributed by atoms with Gasteiger partial charge in [0.15, 0.2) is 5.84 Å². The van der Waals surface area contributed by atoms with E-state index >= 15 is 0 Å². The zero-order valence-corrected chi connectivity index (χ0v) is 19.6. The Morgan fingerprint density at radius 1 is 1.19 bits per heavy atom. The molecule has 0 aliphatic heterocycles. The zero-order valence-electron chi connectivity index (χ0n) is 19.6. The number of aromatic amines is 1. The molecule has 13 heteroatoms. The number of carbonyl (C=O) groups is 1. The molecule has 3 aromatic heterocycles. The normalized spacial score (nSPS) is 18.3. The van der Waals surface area contributed by atoms with Crippen LogP contribution < -0.4 is 11.1 Å². The molecule has 0 bridgehead atoms. The van der Waals surface area contributed by atoms with E-state index in [0.717, 1.165) is 16.7 Å². The minimum Gasteiger partial charge on any atom is -0.382 e. The Bertz CT molecular complexity index is 1500. The number of carbonyl (C=O) groups excluding carboxylic acids is 1. The summed E-state index contributed by atoms with van der Waals surface area (Å²) in [6, 6.07) is 8.32. The van der Waals surface area contributed by atoms with Crippen LogP contribution in [0.4, 0.5) is 18.9 Å². The fourth-order valence-corrected chi connectivity index (χ4v) is 4.00. The number of hydrogen-bond donors (Lipinski definition) is 3. The third-order valence-corrected chi connectivity index (χ3v) is 6.32. The van der Waals surface area contributed by atoms with Crippen LogP contribution >= 0.6 is 0 Å². The molecule has 1 saturated carbocycles. The standard InChI is InChI=1S/C24H22F3N9O/c1-13-2-3-15(22(28)34-35-33-18-8-17(9-18)24(25,26)27)6-20(13)32-23(37)19-12-31-36-5-4-14(7-21(19)36)16-10-29-30-11-16/h2-7,10-12,17-18H,8-9H2,1H3,(H,29,30)(H,32,37)(H2,28,33,34). The van der Waals surface area contributed by atoms with Gasteiger partial charge in [-0.1, -0.05) is 12.1 Å². The van der Waals surface area contributed by atoms with Crippen LogP contribution in [-0.4, -0.2) is 43.8 Å². The molecule has 4 aromatic rings. The van der Waals surface area contributed by atoms with E-state index < -0.39 is 18.1 Å². The van der Waals surface area contributed by atoms with Crippen molar-refractivity contribution in [2.45, 2.75) is 32.0 Å². The lowest BCUT2D eigenvalue weighted by molar-refractivity contribution is -0.197. The molecule has 0 spiro atoms. The average Bonchev–Trinajstić information content (AvgIpc) is 3.50. The van der Waals surface area contributed by atoms with Crippen LogP contribution in [0, 0.1) is 12.8 Å². The van der Waals surface area contributed by atoms with Crippen molar-refractivity contribution in [2.75, 3.05) is 5.32 Å². The maximum atomic E-state index is 13.1. The second-order valence-electron chi connectivity index (χ2n) is 8.83. The number of benzene rings is 1. The van der Waals surface area contributed by atoms with Crippen molar-refractivity contribution in [2.24, 2.45) is 27.1 Å². The van der Waals surface area contributed by atoms with E-state index in [4.69, 9.17) is 5.73 Å². The minimum atomic E-state index is -4.21. The number of pyridine rings is 1. The number of aryl methyl sites for hydroxylation is 1. The highest BCUT2D eigenvalue weighted by atomic mass is 19.4. The molecule has 0 unspecified atom stereocenters. The Labute approximate surface area is 208 Å². The van der Waals surface area contributed by atoms with Crippen LogP contribution in [0.1, 0.15) is 34.3 Å². The quantitative estimate of drug-likeness (QED) is 0.150. The predicted molar refractivity (Wildman–Crippen MR) is 130 cm³/mol. The number of amides is 1. The van der Waals surface area contributed by atoms with Crippen molar-refractivity contribution in [3.8, 4) is 11.1 Å². The van der Waals surface area contributed by atoms with E-state index in [1.165, 1.54) is 6.20 Å². The van der Waals surface area contributed by atoms with Gasteiger partial charge in [0.25, 0.3) is 5.91 Å². The van der Waals surface area contributed by atoms with Crippen molar-refractivity contribution < 1.29 is 18.0 Å². The average molecular weight is 509 g/mol. The van der Waals surface area contributed by atoms with E-state index in [1.54, 1.807) is 41.3 Å². The van der Waals surface area contributed by atoms with E-state index in [9.17, 15) is 18.0 Å². The third kappa shape index (κ3) is 5.06. The molecule has 0 saturated heterocycles. The van der Waals surface area contributed by atoms with Crippen LogP contribution in [0.15, 0.2) is 70.6 Å². The van der Waals surface area contributed by atoms with Gasteiger partial charge in [0.05, 0.1) is 35.4 Å². The fourth-order valence-electron chi connectivity index (χ4n) is 4.00. The van der Waals surface area contributed by atoms with Crippen LogP contribution in [-0.2, 0) is 0 Å². The highest BCUT2D eigenvalue weighted by Crippen LogP contribution is 2.42. The number of rotatable bonds is 6. The Hall–Kier alpha value is -4.55. The van der Waals surface area contributed by atoms with E-state index in [-0.39, 0.29) is 24.6 Å². The largest absolute Gasteiger partial charge is 0.391 e. The number of nitrogens with zero attached hydrogens (tertiary/aromatic N) is 6. The number of H-pyrrole nitrogens is 1. The van der Waals surface area contributed by atoms with Crippen LogP contribution in [0.2, 0.25) is 0 Å². The predicted octanol–water partition coefficient (Wildman–Crippen LogP) is 4.70. The number of aromatic nitrogens is 4. The number of nitrogens with two attached hydrogens (primary N) is 1. The molecular formula is C24H22F3N9O. The lowest BCUT2D eigenvalue weighted by atomic mass is 9.80. The summed E-state index contributed by atoms with van der Waals surface area (Å²) < 4.78 is 39.4. The van der Waals surface area contributed by atoms with Gasteiger partial charge in [-0.2, -0.15) is 28.5 Å². The van der Waals surface area contributed by atoms with Crippen LogP contribution in [0.25, 0.3) is 16.6 Å². The fraction of sp³-hybridized carbons (Fsp3) is 0.250. The number of nitrogens with one attached hydrogen (secondary N) is 2. The lowest BCUT2D eigenvalue weighted by Gasteiger charge is -2.32. The molecular weight excluding hydrogens is 487 g/mol. The maximum Gasteiger partial charge on any atom is 0.391 e. The lowest BCUT2D eigenvalue weighted by Crippen LogP contribution is -2.37. The molecule has 5 rings (SSSR count). The molecule has 1 aliphatic carbocycles. The first-order chi connectivity index (χ1) is 17.7. The maximum absolute atomic E-state index is 13.1. The first-order valence-electron chi connectivity index (χ1n) is 11.4. The first-order valence-corrected chi connectivity index (χ1v) is 11.4. The van der Waals surface area contributed by atoms with E-state index in [0.29, 0.717) is 22.3 Å². The smallest absolute Gasteiger partial charge is 0.382 e. The van der Waals surface area contributed by atoms with Crippen LogP contribution in [0.3, 0.4) is 0 Å². The van der Waals surface area contributed by atoms with Crippen molar-refractivity contribution in [1.29, 1.82) is 0 Å². The van der Waals surface area contributed by atoms with Crippen molar-refractivity contribution >= 4 is 22.9 Å². The summed E-state index contributed by atoms with van der Waals surface area (Å²) in [5.41, 5.74) is 10.5. The SMILES string of the molecule is Cc1ccc(/C(N)=N/N=NC2CC(C(F)(F)F)C2)cc1NC(=O)c1cnn2ccc(-c3cn[nH]c3)cc12. The summed E-state index contributed by atoms with van der Waals surface area (Å²) in [6.07, 6.45) is 2.29. The third-order valence-electron chi connectivity index (χ3n) is 6.32. The molecule has 0 atom stereocenters. The second-order valence-corrected chi connectivity index (χ2v) is 8.83. The van der Waals surface area contributed by atoms with Gasteiger partial charge in [-0.25, -0.2) is 4.52 Å². The molecule has 10 nitrogen and oxygen atoms in total. The molecule has 0 radical (unpaired) electrons. The molecule has 3 heterocycles. The Kier molecular flexibility index (Phi) is 6.19. The first kappa shape index (κ1) is 24.2. The second kappa shape index (κ2) is 9.48. The highest BCUT2D eigenvalue weighted by Gasteiger charge is 2.48.